The van der Waals surface area contributed by atoms with Gasteiger partial charge in [-0.05, 0) is 70.9 Å². The number of esters is 1. The number of benzene rings is 3. The monoisotopic (exact) mass is 605 g/mol. The number of carbonyl (C=O) groups is 1. The Morgan fingerprint density at radius 1 is 1.02 bits per heavy atom. The van der Waals surface area contributed by atoms with Crippen molar-refractivity contribution in [2.75, 3.05) is 21.3 Å². The largest absolute Gasteiger partial charge is 0.496 e. The maximum absolute atomic E-state index is 13.6. The molecule has 204 valence electrons. The molecule has 0 aliphatic carbocycles. The zero-order valence-corrected chi connectivity index (χ0v) is 23.6. The van der Waals surface area contributed by atoms with Crippen LogP contribution in [0, 0.1) is 0 Å². The van der Waals surface area contributed by atoms with Crippen LogP contribution in [0.15, 0.2) is 79.4 Å². The number of para-hydroxylation sites is 1. The zero-order valence-electron chi connectivity index (χ0n) is 22.0. The van der Waals surface area contributed by atoms with Crippen molar-refractivity contribution in [1.29, 1.82) is 0 Å². The number of furan rings is 1. The molecule has 0 N–H and O–H groups in total. The Labute approximate surface area is 236 Å². The molecular formula is C29H24BrN3O7. The van der Waals surface area contributed by atoms with Gasteiger partial charge in [-0.25, -0.2) is 9.78 Å². The Morgan fingerprint density at radius 2 is 1.80 bits per heavy atom. The Hall–Kier alpha value is -4.64. The number of nitrogens with zero attached hydrogens (tertiary/aromatic N) is 3. The van der Waals surface area contributed by atoms with Crippen LogP contribution >= 0.6 is 15.9 Å². The summed E-state index contributed by atoms with van der Waals surface area (Å²) in [5.74, 6) is 1.33. The standard InChI is InChI=1S/C29H24BrN3O7/c1-16(29(35)38-4)39-26-20(30)12-17(13-24(26)37-3)15-31-33-27(32-21-9-6-5-8-18(21)28(33)34)25-14-19-22(36-2)10-7-11-23(19)40-25/h5-16H,1-4H3/t16-/m1/s1. The van der Waals surface area contributed by atoms with Crippen molar-refractivity contribution in [3.63, 3.8) is 0 Å². The van der Waals surface area contributed by atoms with Gasteiger partial charge in [-0.1, -0.05) is 18.2 Å². The quantitative estimate of drug-likeness (QED) is 0.170. The van der Waals surface area contributed by atoms with Gasteiger partial charge in [0.05, 0.1) is 48.3 Å². The lowest BCUT2D eigenvalue weighted by Crippen LogP contribution is -2.25. The second kappa shape index (κ2) is 11.2. The highest BCUT2D eigenvalue weighted by Gasteiger charge is 2.21. The lowest BCUT2D eigenvalue weighted by atomic mass is 10.2. The SMILES string of the molecule is COC(=O)[C@@H](C)Oc1c(Br)cc(C=Nn2c(-c3cc4c(OC)cccc4o3)nc3ccccc3c2=O)cc1OC. The predicted octanol–water partition coefficient (Wildman–Crippen LogP) is 5.41. The fraction of sp³-hybridized carbons (Fsp3) is 0.172. The Balaban J connectivity index is 1.62. The molecule has 0 fully saturated rings. The van der Waals surface area contributed by atoms with Crippen LogP contribution in [-0.4, -0.2) is 49.3 Å². The summed E-state index contributed by atoms with van der Waals surface area (Å²) >= 11 is 3.47. The van der Waals surface area contributed by atoms with E-state index in [1.54, 1.807) is 50.4 Å². The summed E-state index contributed by atoms with van der Waals surface area (Å²) in [5, 5.41) is 5.64. The van der Waals surface area contributed by atoms with E-state index in [2.05, 4.69) is 21.0 Å². The van der Waals surface area contributed by atoms with Crippen molar-refractivity contribution in [3.05, 3.63) is 81.1 Å². The van der Waals surface area contributed by atoms with Gasteiger partial charge in [-0.3, -0.25) is 4.79 Å². The van der Waals surface area contributed by atoms with Gasteiger partial charge in [0.1, 0.15) is 11.3 Å². The molecule has 3 aromatic carbocycles. The van der Waals surface area contributed by atoms with E-state index in [-0.39, 0.29) is 11.4 Å². The van der Waals surface area contributed by atoms with E-state index in [0.29, 0.717) is 49.5 Å². The van der Waals surface area contributed by atoms with Gasteiger partial charge >= 0.3 is 5.97 Å². The summed E-state index contributed by atoms with van der Waals surface area (Å²) < 4.78 is 29.2. The molecule has 0 bridgehead atoms. The molecule has 0 radical (unpaired) electrons. The Morgan fingerprint density at radius 3 is 2.55 bits per heavy atom. The molecule has 2 heterocycles. The molecule has 0 aliphatic rings. The molecule has 5 rings (SSSR count). The molecule has 5 aromatic rings. The Kier molecular flexibility index (Phi) is 7.56. The minimum Gasteiger partial charge on any atom is -0.496 e. The number of carbonyl (C=O) groups excluding carboxylic acids is 1. The van der Waals surface area contributed by atoms with Crippen LogP contribution in [-0.2, 0) is 9.53 Å². The van der Waals surface area contributed by atoms with Crippen molar-refractivity contribution in [3.8, 4) is 28.8 Å². The van der Waals surface area contributed by atoms with E-state index in [1.165, 1.54) is 25.1 Å². The van der Waals surface area contributed by atoms with Crippen LogP contribution in [0.5, 0.6) is 17.2 Å². The second-order valence-corrected chi connectivity index (χ2v) is 9.47. The predicted molar refractivity (Wildman–Crippen MR) is 154 cm³/mol. The van der Waals surface area contributed by atoms with Gasteiger partial charge in [0, 0.05) is 0 Å². The molecule has 11 heteroatoms. The van der Waals surface area contributed by atoms with Crippen LogP contribution in [0.3, 0.4) is 0 Å². The average molecular weight is 606 g/mol. The third-order valence-electron chi connectivity index (χ3n) is 6.12. The summed E-state index contributed by atoms with van der Waals surface area (Å²) in [6.07, 6.45) is 0.632. The maximum atomic E-state index is 13.6. The number of methoxy groups -OCH3 is 3. The number of aromatic nitrogens is 2. The van der Waals surface area contributed by atoms with Crippen molar-refractivity contribution in [2.45, 2.75) is 13.0 Å². The molecule has 40 heavy (non-hydrogen) atoms. The molecule has 0 aliphatic heterocycles. The first kappa shape index (κ1) is 26.9. The van der Waals surface area contributed by atoms with E-state index in [0.717, 1.165) is 5.39 Å². The third-order valence-corrected chi connectivity index (χ3v) is 6.71. The number of hydrogen-bond donors (Lipinski definition) is 0. The summed E-state index contributed by atoms with van der Waals surface area (Å²) in [6.45, 7) is 1.57. The molecule has 1 atom stereocenters. The summed E-state index contributed by atoms with van der Waals surface area (Å²) in [4.78, 5) is 30.1. The maximum Gasteiger partial charge on any atom is 0.346 e. The van der Waals surface area contributed by atoms with Crippen molar-refractivity contribution >= 4 is 50.0 Å². The minimum atomic E-state index is -0.859. The first-order chi connectivity index (χ1) is 19.3. The summed E-state index contributed by atoms with van der Waals surface area (Å²) in [6, 6.07) is 17.6. The van der Waals surface area contributed by atoms with E-state index in [1.807, 2.05) is 24.3 Å². The van der Waals surface area contributed by atoms with Gasteiger partial charge in [-0.2, -0.15) is 9.78 Å². The van der Waals surface area contributed by atoms with Gasteiger partial charge in [0.25, 0.3) is 5.56 Å². The number of fused-ring (bicyclic) bond motifs is 2. The fourth-order valence-electron chi connectivity index (χ4n) is 4.16. The number of halogens is 1. The molecule has 2 aromatic heterocycles. The van der Waals surface area contributed by atoms with Crippen LogP contribution in [0.2, 0.25) is 0 Å². The molecule has 0 spiro atoms. The van der Waals surface area contributed by atoms with Crippen LogP contribution in [0.1, 0.15) is 12.5 Å². The number of ether oxygens (including phenoxy) is 4. The third kappa shape index (κ3) is 5.03. The molecule has 0 saturated carbocycles. The van der Waals surface area contributed by atoms with E-state index >= 15 is 0 Å². The molecule has 0 unspecified atom stereocenters. The molecular weight excluding hydrogens is 582 g/mol. The summed E-state index contributed by atoms with van der Waals surface area (Å²) in [7, 11) is 4.34. The lowest BCUT2D eigenvalue weighted by molar-refractivity contribution is -0.147. The smallest absolute Gasteiger partial charge is 0.346 e. The normalized spacial score (nSPS) is 12.1. The average Bonchev–Trinajstić information content (AvgIpc) is 3.41. The zero-order chi connectivity index (χ0) is 28.4. The second-order valence-electron chi connectivity index (χ2n) is 8.61. The lowest BCUT2D eigenvalue weighted by Gasteiger charge is -2.17. The van der Waals surface area contributed by atoms with Crippen LogP contribution in [0.4, 0.5) is 0 Å². The van der Waals surface area contributed by atoms with Crippen LogP contribution < -0.4 is 19.8 Å². The first-order valence-corrected chi connectivity index (χ1v) is 12.9. The minimum absolute atomic E-state index is 0.219. The molecule has 10 nitrogen and oxygen atoms in total. The van der Waals surface area contributed by atoms with E-state index in [4.69, 9.17) is 28.3 Å². The number of rotatable bonds is 8. The van der Waals surface area contributed by atoms with Crippen molar-refractivity contribution < 1.29 is 28.2 Å². The first-order valence-electron chi connectivity index (χ1n) is 12.1. The van der Waals surface area contributed by atoms with Crippen molar-refractivity contribution in [1.82, 2.24) is 9.66 Å². The molecule has 0 amide bonds. The van der Waals surface area contributed by atoms with Crippen LogP contribution in [0.25, 0.3) is 33.5 Å². The van der Waals surface area contributed by atoms with Gasteiger partial charge in [-0.15, -0.1) is 0 Å². The highest BCUT2D eigenvalue weighted by molar-refractivity contribution is 9.10. The Bertz CT molecular complexity index is 1830. The topological polar surface area (TPSA) is 114 Å². The highest BCUT2D eigenvalue weighted by Crippen LogP contribution is 2.37. The van der Waals surface area contributed by atoms with Gasteiger partial charge in [0.2, 0.25) is 5.82 Å². The van der Waals surface area contributed by atoms with Gasteiger partial charge < -0.3 is 23.4 Å². The molecule has 0 saturated heterocycles. The van der Waals surface area contributed by atoms with E-state index in [9.17, 15) is 9.59 Å². The summed E-state index contributed by atoms with van der Waals surface area (Å²) in [5.41, 5.74) is 1.30. The van der Waals surface area contributed by atoms with Gasteiger partial charge in [0.15, 0.2) is 23.4 Å². The fourth-order valence-corrected chi connectivity index (χ4v) is 4.71. The van der Waals surface area contributed by atoms with E-state index < -0.39 is 12.1 Å². The van der Waals surface area contributed by atoms with Crippen molar-refractivity contribution in [2.24, 2.45) is 5.10 Å². The number of hydrogen-bond acceptors (Lipinski definition) is 9. The highest BCUT2D eigenvalue weighted by atomic mass is 79.9.